The molecule has 1 fully saturated rings. The first-order valence-corrected chi connectivity index (χ1v) is 8.60. The molecule has 0 spiro atoms. The lowest BCUT2D eigenvalue weighted by Crippen LogP contribution is -2.36. The van der Waals surface area contributed by atoms with Crippen molar-refractivity contribution in [1.82, 2.24) is 10.3 Å². The molecule has 1 amide bonds. The molecule has 2 heterocycles. The number of aryl methyl sites for hydroxylation is 1. The average molecular weight is 361 g/mol. The standard InChI is InChI=1S/C19H21F2N3O2/c20-16-2-3-17(21)15(12-16)13-23-19(25)4-1-14-5-6-22-18(11-14)24-7-9-26-10-8-24/h2-3,5-6,11-12H,1,4,7-10,13H2,(H,23,25). The van der Waals surface area contributed by atoms with E-state index in [-0.39, 0.29) is 24.4 Å². The number of pyridine rings is 1. The van der Waals surface area contributed by atoms with E-state index in [2.05, 4.69) is 15.2 Å². The molecule has 0 atom stereocenters. The highest BCUT2D eigenvalue weighted by Gasteiger charge is 2.13. The molecule has 26 heavy (non-hydrogen) atoms. The second-order valence-corrected chi connectivity index (χ2v) is 6.13. The Balaban J connectivity index is 1.50. The van der Waals surface area contributed by atoms with Crippen LogP contribution in [0.5, 0.6) is 0 Å². The normalized spacial score (nSPS) is 14.3. The highest BCUT2D eigenvalue weighted by Crippen LogP contribution is 2.15. The van der Waals surface area contributed by atoms with E-state index in [9.17, 15) is 13.6 Å². The van der Waals surface area contributed by atoms with E-state index in [0.717, 1.165) is 42.7 Å². The molecule has 1 aromatic heterocycles. The van der Waals surface area contributed by atoms with Crippen LogP contribution < -0.4 is 10.2 Å². The first-order chi connectivity index (χ1) is 12.6. The van der Waals surface area contributed by atoms with Crippen molar-refractivity contribution in [3.05, 3.63) is 59.3 Å². The number of halogens is 2. The van der Waals surface area contributed by atoms with Crippen LogP contribution in [0.2, 0.25) is 0 Å². The van der Waals surface area contributed by atoms with Crippen LogP contribution in [-0.4, -0.2) is 37.2 Å². The first kappa shape index (κ1) is 18.3. The van der Waals surface area contributed by atoms with Gasteiger partial charge in [0.25, 0.3) is 0 Å². The molecule has 1 aliphatic rings. The fourth-order valence-corrected chi connectivity index (χ4v) is 2.80. The van der Waals surface area contributed by atoms with Crippen LogP contribution in [0, 0.1) is 11.6 Å². The molecule has 3 rings (SSSR count). The summed E-state index contributed by atoms with van der Waals surface area (Å²) in [7, 11) is 0. The van der Waals surface area contributed by atoms with Gasteiger partial charge in [-0.15, -0.1) is 0 Å². The number of anilines is 1. The molecule has 1 saturated heterocycles. The van der Waals surface area contributed by atoms with Gasteiger partial charge in [0, 0.05) is 37.8 Å². The predicted octanol–water partition coefficient (Wildman–Crippen LogP) is 2.45. The molecule has 7 heteroatoms. The molecule has 1 aliphatic heterocycles. The van der Waals surface area contributed by atoms with Crippen LogP contribution in [0.3, 0.4) is 0 Å². The Morgan fingerprint density at radius 3 is 2.81 bits per heavy atom. The fraction of sp³-hybridized carbons (Fsp3) is 0.368. The molecule has 138 valence electrons. The number of morpholine rings is 1. The predicted molar refractivity (Wildman–Crippen MR) is 93.8 cm³/mol. The lowest BCUT2D eigenvalue weighted by molar-refractivity contribution is -0.121. The van der Waals surface area contributed by atoms with Crippen molar-refractivity contribution >= 4 is 11.7 Å². The third-order valence-electron chi connectivity index (χ3n) is 4.27. The number of hydrogen-bond acceptors (Lipinski definition) is 4. The van der Waals surface area contributed by atoms with Crippen molar-refractivity contribution in [2.24, 2.45) is 0 Å². The smallest absolute Gasteiger partial charge is 0.220 e. The van der Waals surface area contributed by atoms with Crippen LogP contribution in [-0.2, 0) is 22.5 Å². The third kappa shape index (κ3) is 4.98. The minimum atomic E-state index is -0.531. The van der Waals surface area contributed by atoms with E-state index in [1.807, 2.05) is 12.1 Å². The maximum atomic E-state index is 13.6. The van der Waals surface area contributed by atoms with Gasteiger partial charge < -0.3 is 15.0 Å². The van der Waals surface area contributed by atoms with Crippen LogP contribution in [0.15, 0.2) is 36.5 Å². The Kier molecular flexibility index (Phi) is 6.12. The van der Waals surface area contributed by atoms with Crippen LogP contribution >= 0.6 is 0 Å². The molecule has 0 aliphatic carbocycles. The number of carbonyl (C=O) groups is 1. The van der Waals surface area contributed by atoms with Crippen molar-refractivity contribution in [2.75, 3.05) is 31.2 Å². The number of nitrogens with one attached hydrogen (secondary N) is 1. The van der Waals surface area contributed by atoms with Crippen LogP contribution in [0.25, 0.3) is 0 Å². The molecule has 0 unspecified atom stereocenters. The van der Waals surface area contributed by atoms with Gasteiger partial charge in [0.15, 0.2) is 0 Å². The van der Waals surface area contributed by atoms with E-state index in [1.165, 1.54) is 0 Å². The molecule has 1 aromatic carbocycles. The van der Waals surface area contributed by atoms with Crippen molar-refractivity contribution in [3.8, 4) is 0 Å². The zero-order valence-electron chi connectivity index (χ0n) is 14.4. The van der Waals surface area contributed by atoms with Crippen LogP contribution in [0.4, 0.5) is 14.6 Å². The van der Waals surface area contributed by atoms with Gasteiger partial charge in [-0.25, -0.2) is 13.8 Å². The Labute approximate surface area is 151 Å². The number of aromatic nitrogens is 1. The van der Waals surface area contributed by atoms with Gasteiger partial charge in [-0.1, -0.05) is 0 Å². The molecule has 0 radical (unpaired) electrons. The number of carbonyl (C=O) groups excluding carboxylic acids is 1. The molecule has 0 saturated carbocycles. The first-order valence-electron chi connectivity index (χ1n) is 8.60. The molecule has 0 bridgehead atoms. The zero-order chi connectivity index (χ0) is 18.4. The van der Waals surface area contributed by atoms with E-state index in [4.69, 9.17) is 4.74 Å². The Bertz CT molecular complexity index is 764. The quantitative estimate of drug-likeness (QED) is 0.859. The van der Waals surface area contributed by atoms with Crippen molar-refractivity contribution in [2.45, 2.75) is 19.4 Å². The highest BCUT2D eigenvalue weighted by atomic mass is 19.1. The number of nitrogens with zero attached hydrogens (tertiary/aromatic N) is 2. The van der Waals surface area contributed by atoms with E-state index in [1.54, 1.807) is 6.20 Å². The summed E-state index contributed by atoms with van der Waals surface area (Å²) >= 11 is 0. The van der Waals surface area contributed by atoms with Gasteiger partial charge in [0.05, 0.1) is 13.2 Å². The van der Waals surface area contributed by atoms with Crippen molar-refractivity contribution in [1.29, 1.82) is 0 Å². The lowest BCUT2D eigenvalue weighted by Gasteiger charge is -2.28. The lowest BCUT2D eigenvalue weighted by atomic mass is 10.1. The van der Waals surface area contributed by atoms with E-state index < -0.39 is 11.6 Å². The summed E-state index contributed by atoms with van der Waals surface area (Å²) in [5.41, 5.74) is 1.14. The summed E-state index contributed by atoms with van der Waals surface area (Å²) in [5.74, 6) is -0.384. The van der Waals surface area contributed by atoms with Gasteiger partial charge in [-0.05, 0) is 42.3 Å². The summed E-state index contributed by atoms with van der Waals surface area (Å²) in [4.78, 5) is 18.5. The number of benzene rings is 1. The summed E-state index contributed by atoms with van der Waals surface area (Å²) in [6.07, 6.45) is 2.56. The summed E-state index contributed by atoms with van der Waals surface area (Å²) < 4.78 is 32.0. The number of ether oxygens (including phenoxy) is 1. The Morgan fingerprint density at radius 1 is 1.19 bits per heavy atom. The van der Waals surface area contributed by atoms with E-state index >= 15 is 0 Å². The number of hydrogen-bond donors (Lipinski definition) is 1. The van der Waals surface area contributed by atoms with Gasteiger partial charge >= 0.3 is 0 Å². The second kappa shape index (κ2) is 8.71. The molecular formula is C19H21F2N3O2. The maximum absolute atomic E-state index is 13.6. The summed E-state index contributed by atoms with van der Waals surface area (Å²) in [6, 6.07) is 7.05. The summed E-state index contributed by atoms with van der Waals surface area (Å²) in [6.45, 7) is 2.94. The minimum absolute atomic E-state index is 0.0300. The molecular weight excluding hydrogens is 340 g/mol. The Morgan fingerprint density at radius 2 is 2.00 bits per heavy atom. The SMILES string of the molecule is O=C(CCc1ccnc(N2CCOCC2)c1)NCc1cc(F)ccc1F. The van der Waals surface area contributed by atoms with Crippen LogP contribution in [0.1, 0.15) is 17.5 Å². The molecule has 5 nitrogen and oxygen atoms in total. The van der Waals surface area contributed by atoms with Gasteiger partial charge in [0.1, 0.15) is 17.5 Å². The van der Waals surface area contributed by atoms with Gasteiger partial charge in [0.2, 0.25) is 5.91 Å². The van der Waals surface area contributed by atoms with Crippen molar-refractivity contribution in [3.63, 3.8) is 0 Å². The summed E-state index contributed by atoms with van der Waals surface area (Å²) in [5, 5.41) is 2.63. The van der Waals surface area contributed by atoms with Gasteiger partial charge in [-0.3, -0.25) is 4.79 Å². The monoisotopic (exact) mass is 361 g/mol. The molecule has 2 aromatic rings. The largest absolute Gasteiger partial charge is 0.378 e. The maximum Gasteiger partial charge on any atom is 0.220 e. The number of amides is 1. The second-order valence-electron chi connectivity index (χ2n) is 6.13. The highest BCUT2D eigenvalue weighted by molar-refractivity contribution is 5.76. The Hall–Kier alpha value is -2.54. The average Bonchev–Trinajstić information content (AvgIpc) is 2.68. The molecule has 1 N–H and O–H groups in total. The van der Waals surface area contributed by atoms with Crippen molar-refractivity contribution < 1.29 is 18.3 Å². The topological polar surface area (TPSA) is 54.5 Å². The van der Waals surface area contributed by atoms with Gasteiger partial charge in [-0.2, -0.15) is 0 Å². The minimum Gasteiger partial charge on any atom is -0.378 e. The van der Waals surface area contributed by atoms with E-state index in [0.29, 0.717) is 19.6 Å². The number of rotatable bonds is 6. The zero-order valence-corrected chi connectivity index (χ0v) is 14.4. The fourth-order valence-electron chi connectivity index (χ4n) is 2.80. The third-order valence-corrected chi connectivity index (χ3v) is 4.27.